The number of rotatable bonds is 4. The van der Waals surface area contributed by atoms with E-state index in [4.69, 9.17) is 5.26 Å². The molecule has 0 aliphatic carbocycles. The highest BCUT2D eigenvalue weighted by atomic mass is 79.9. The molecule has 9 heteroatoms. The second-order valence-electron chi connectivity index (χ2n) is 5.33. The molecular weight excluding hydrogens is 397 g/mol. The van der Waals surface area contributed by atoms with Crippen LogP contribution >= 0.6 is 28.3 Å². The molecule has 2 aromatic heterocycles. The summed E-state index contributed by atoms with van der Waals surface area (Å²) in [5.41, 5.74) is 0.0244. The number of halogens is 2. The topological polar surface area (TPSA) is 83.6 Å². The molecule has 0 aromatic carbocycles. The standard InChI is InChI=1S/C13H13BrFN5OS.C2H6/c1-7(13(2,3)6-16)18-12(21)8-5-20(22-15)11-10(8)19-9(14)4-17-11;1-2/h4-5,7H,1-3H3,(H,18,21);1-2H3. The Labute approximate surface area is 153 Å². The zero-order chi connectivity index (χ0) is 18.5. The fraction of sp³-hybridized carbons (Fsp3) is 0.467. The van der Waals surface area contributed by atoms with E-state index >= 15 is 0 Å². The molecule has 1 amide bonds. The van der Waals surface area contributed by atoms with Crippen LogP contribution in [0.1, 0.15) is 45.0 Å². The number of carbonyl (C=O) groups is 1. The third kappa shape index (κ3) is 4.24. The predicted molar refractivity (Wildman–Crippen MR) is 97.0 cm³/mol. The fourth-order valence-electron chi connectivity index (χ4n) is 1.71. The van der Waals surface area contributed by atoms with Crippen LogP contribution in [0.5, 0.6) is 0 Å². The summed E-state index contributed by atoms with van der Waals surface area (Å²) in [7, 11) is 0. The molecule has 0 saturated heterocycles. The van der Waals surface area contributed by atoms with Crippen LogP contribution in [0.25, 0.3) is 11.2 Å². The molecule has 0 radical (unpaired) electrons. The lowest BCUT2D eigenvalue weighted by atomic mass is 9.87. The van der Waals surface area contributed by atoms with E-state index in [2.05, 4.69) is 37.3 Å². The molecule has 130 valence electrons. The van der Waals surface area contributed by atoms with E-state index < -0.39 is 11.3 Å². The van der Waals surface area contributed by atoms with Gasteiger partial charge in [-0.15, -0.1) is 3.89 Å². The van der Waals surface area contributed by atoms with E-state index in [1.807, 2.05) is 13.8 Å². The van der Waals surface area contributed by atoms with Crippen molar-refractivity contribution < 1.29 is 8.68 Å². The Balaban J connectivity index is 0.00000139. The zero-order valence-corrected chi connectivity index (χ0v) is 16.5. The monoisotopic (exact) mass is 415 g/mol. The quantitative estimate of drug-likeness (QED) is 0.805. The minimum absolute atomic E-state index is 0.0622. The fourth-order valence-corrected chi connectivity index (χ4v) is 2.34. The summed E-state index contributed by atoms with van der Waals surface area (Å²) in [6.45, 7) is 9.20. The Kier molecular flexibility index (Phi) is 7.17. The van der Waals surface area contributed by atoms with Gasteiger partial charge in [-0.05, 0) is 36.7 Å². The van der Waals surface area contributed by atoms with Crippen LogP contribution in [0.3, 0.4) is 0 Å². The number of nitriles is 1. The van der Waals surface area contributed by atoms with Crippen LogP contribution in [0, 0.1) is 16.7 Å². The molecule has 0 spiro atoms. The largest absolute Gasteiger partial charge is 0.348 e. The van der Waals surface area contributed by atoms with Gasteiger partial charge in [0.05, 0.1) is 23.2 Å². The van der Waals surface area contributed by atoms with Gasteiger partial charge in [-0.2, -0.15) is 5.26 Å². The molecular formula is C15H19BrFN5OS. The minimum atomic E-state index is -0.727. The highest BCUT2D eigenvalue weighted by molar-refractivity contribution is 9.10. The van der Waals surface area contributed by atoms with E-state index in [0.717, 1.165) is 3.97 Å². The molecule has 1 N–H and O–H groups in total. The molecule has 0 fully saturated rings. The number of amides is 1. The third-order valence-corrected chi connectivity index (χ3v) is 4.28. The SMILES string of the molecule is CC.CC(NC(=O)c1cn(SF)c2ncc(Br)nc12)C(C)(C)C#N. The molecule has 0 saturated carbocycles. The number of nitrogens with zero attached hydrogens (tertiary/aromatic N) is 4. The van der Waals surface area contributed by atoms with E-state index in [0.29, 0.717) is 10.1 Å². The van der Waals surface area contributed by atoms with Crippen LogP contribution < -0.4 is 5.32 Å². The Hall–Kier alpha value is -1.66. The minimum Gasteiger partial charge on any atom is -0.348 e. The summed E-state index contributed by atoms with van der Waals surface area (Å²) in [5.74, 6) is -0.430. The molecule has 0 aliphatic heterocycles. The second kappa shape index (κ2) is 8.44. The first-order valence-electron chi connectivity index (χ1n) is 7.35. The molecule has 2 heterocycles. The van der Waals surface area contributed by atoms with E-state index in [1.54, 1.807) is 20.8 Å². The average molecular weight is 416 g/mol. The van der Waals surface area contributed by atoms with Crippen LogP contribution in [0.4, 0.5) is 3.89 Å². The van der Waals surface area contributed by atoms with Gasteiger partial charge in [0, 0.05) is 12.2 Å². The molecule has 2 rings (SSSR count). The van der Waals surface area contributed by atoms with Crippen LogP contribution in [0.15, 0.2) is 17.0 Å². The van der Waals surface area contributed by atoms with E-state index in [1.165, 1.54) is 12.4 Å². The van der Waals surface area contributed by atoms with Crippen LogP contribution in [-0.4, -0.2) is 25.9 Å². The lowest BCUT2D eigenvalue weighted by molar-refractivity contribution is 0.0921. The predicted octanol–water partition coefficient (Wildman–Crippen LogP) is 4.27. The number of hydrogen-bond donors (Lipinski definition) is 1. The summed E-state index contributed by atoms with van der Waals surface area (Å²) in [5, 5.41) is 11.9. The summed E-state index contributed by atoms with van der Waals surface area (Å²) < 4.78 is 14.5. The van der Waals surface area contributed by atoms with Crippen LogP contribution in [-0.2, 0) is 0 Å². The molecule has 1 atom stereocenters. The van der Waals surface area contributed by atoms with Crippen molar-refractivity contribution >= 4 is 45.3 Å². The van der Waals surface area contributed by atoms with Crippen molar-refractivity contribution in [2.75, 3.05) is 0 Å². The third-order valence-electron chi connectivity index (χ3n) is 3.47. The van der Waals surface area contributed by atoms with Crippen molar-refractivity contribution in [1.82, 2.24) is 19.3 Å². The van der Waals surface area contributed by atoms with E-state index in [-0.39, 0.29) is 29.6 Å². The highest BCUT2D eigenvalue weighted by Gasteiger charge is 2.28. The number of nitrogens with one attached hydrogen (secondary N) is 1. The normalized spacial score (nSPS) is 12.1. The lowest BCUT2D eigenvalue weighted by Gasteiger charge is -2.25. The maximum absolute atomic E-state index is 13.0. The van der Waals surface area contributed by atoms with Gasteiger partial charge in [-0.1, -0.05) is 13.8 Å². The molecule has 0 aliphatic rings. The Morgan fingerprint density at radius 1 is 1.54 bits per heavy atom. The Morgan fingerprint density at radius 3 is 2.71 bits per heavy atom. The summed E-state index contributed by atoms with van der Waals surface area (Å²) in [4.78, 5) is 20.7. The zero-order valence-electron chi connectivity index (χ0n) is 14.1. The molecule has 6 nitrogen and oxygen atoms in total. The number of fused-ring (bicyclic) bond motifs is 1. The molecule has 24 heavy (non-hydrogen) atoms. The van der Waals surface area contributed by atoms with Gasteiger partial charge in [-0.25, -0.2) is 13.9 Å². The van der Waals surface area contributed by atoms with E-state index in [9.17, 15) is 8.68 Å². The van der Waals surface area contributed by atoms with Gasteiger partial charge >= 0.3 is 0 Å². The Bertz CT molecular complexity index is 771. The molecule has 2 aromatic rings. The van der Waals surface area contributed by atoms with Crippen molar-refractivity contribution in [2.24, 2.45) is 5.41 Å². The first-order chi connectivity index (χ1) is 11.3. The molecule has 1 unspecified atom stereocenters. The maximum atomic E-state index is 13.0. The number of hydrogen-bond acceptors (Lipinski definition) is 5. The van der Waals surface area contributed by atoms with Crippen LogP contribution in [0.2, 0.25) is 0 Å². The smallest absolute Gasteiger partial charge is 0.255 e. The Morgan fingerprint density at radius 2 is 2.17 bits per heavy atom. The van der Waals surface area contributed by atoms with Gasteiger partial charge < -0.3 is 5.32 Å². The van der Waals surface area contributed by atoms with Gasteiger partial charge in [0.2, 0.25) is 0 Å². The average Bonchev–Trinajstić information content (AvgIpc) is 2.94. The maximum Gasteiger partial charge on any atom is 0.255 e. The summed E-state index contributed by atoms with van der Waals surface area (Å²) in [6, 6.07) is 1.75. The first-order valence-corrected chi connectivity index (χ1v) is 8.81. The summed E-state index contributed by atoms with van der Waals surface area (Å²) >= 11 is 3.12. The van der Waals surface area contributed by atoms with Gasteiger partial charge in [0.25, 0.3) is 5.91 Å². The summed E-state index contributed by atoms with van der Waals surface area (Å²) in [6.07, 6.45) is 2.77. The van der Waals surface area contributed by atoms with Gasteiger partial charge in [0.15, 0.2) is 18.0 Å². The second-order valence-corrected chi connectivity index (χ2v) is 6.68. The lowest BCUT2D eigenvalue weighted by Crippen LogP contribution is -2.42. The van der Waals surface area contributed by atoms with Crippen molar-refractivity contribution in [3.05, 3.63) is 22.6 Å². The molecule has 0 bridgehead atoms. The van der Waals surface area contributed by atoms with Crippen molar-refractivity contribution in [3.8, 4) is 6.07 Å². The van der Waals surface area contributed by atoms with Crippen molar-refractivity contribution in [2.45, 2.75) is 40.7 Å². The highest BCUT2D eigenvalue weighted by Crippen LogP contribution is 2.25. The number of carbonyl (C=O) groups excluding carboxylic acids is 1. The van der Waals surface area contributed by atoms with Gasteiger partial charge in [0.1, 0.15) is 10.1 Å². The van der Waals surface area contributed by atoms with Crippen molar-refractivity contribution in [3.63, 3.8) is 0 Å². The van der Waals surface area contributed by atoms with Crippen molar-refractivity contribution in [1.29, 1.82) is 5.26 Å². The number of aromatic nitrogens is 3. The van der Waals surface area contributed by atoms with Gasteiger partial charge in [-0.3, -0.25) is 4.79 Å². The first kappa shape index (κ1) is 20.4.